The molecule has 5 rings (SSSR count). The lowest BCUT2D eigenvalue weighted by Crippen LogP contribution is -2.45. The third kappa shape index (κ3) is 4.39. The molecule has 1 aliphatic carbocycles. The molecule has 1 saturated carbocycles. The van der Waals surface area contributed by atoms with Crippen molar-refractivity contribution in [1.82, 2.24) is 30.4 Å². The molecule has 0 aromatic carbocycles. The van der Waals surface area contributed by atoms with E-state index in [0.717, 1.165) is 73.8 Å². The molecule has 2 aliphatic rings. The fraction of sp³-hybridized carbons (Fsp3) is 0.478. The normalized spacial score (nSPS) is 18.9. The highest BCUT2D eigenvalue weighted by Crippen LogP contribution is 2.29. The Labute approximate surface area is 181 Å². The van der Waals surface area contributed by atoms with Crippen LogP contribution in [0.5, 0.6) is 0 Å². The molecule has 0 spiro atoms. The van der Waals surface area contributed by atoms with Crippen LogP contribution < -0.4 is 16.0 Å². The Morgan fingerprint density at radius 3 is 2.74 bits per heavy atom. The van der Waals surface area contributed by atoms with E-state index in [9.17, 15) is 4.79 Å². The van der Waals surface area contributed by atoms with E-state index < -0.39 is 0 Å². The summed E-state index contributed by atoms with van der Waals surface area (Å²) in [5, 5.41) is 14.0. The topological polar surface area (TPSA) is 96.8 Å². The van der Waals surface area contributed by atoms with Crippen molar-refractivity contribution >= 4 is 22.9 Å². The lowest BCUT2D eigenvalue weighted by Gasteiger charge is -2.25. The summed E-state index contributed by atoms with van der Waals surface area (Å²) in [7, 11) is 0. The van der Waals surface area contributed by atoms with Crippen molar-refractivity contribution in [2.75, 3.05) is 18.4 Å². The second-order valence-electron chi connectivity index (χ2n) is 9.00. The van der Waals surface area contributed by atoms with Gasteiger partial charge in [-0.15, -0.1) is 0 Å². The van der Waals surface area contributed by atoms with E-state index in [4.69, 9.17) is 0 Å². The van der Waals surface area contributed by atoms with Crippen LogP contribution in [-0.4, -0.2) is 44.4 Å². The van der Waals surface area contributed by atoms with Gasteiger partial charge in [0.15, 0.2) is 0 Å². The number of urea groups is 1. The molecule has 3 aromatic heterocycles. The standard InChI is InChI=1S/C23H29N7O/c1-23(8-2-3-9-23)29-22(31)28-21-5-4-19-20(27-21)12-16(13-25-19)17-14-26-30(15-17)18-6-10-24-11-7-18/h4-5,12-15,18,24H,2-3,6-11H2,1H3,(H2,27,28,29,31). The molecule has 2 amide bonds. The Balaban J connectivity index is 1.33. The molecule has 4 heterocycles. The maximum atomic E-state index is 12.5. The Morgan fingerprint density at radius 2 is 1.94 bits per heavy atom. The van der Waals surface area contributed by atoms with Crippen molar-refractivity contribution in [3.05, 3.63) is 36.8 Å². The number of hydrogen-bond acceptors (Lipinski definition) is 5. The van der Waals surface area contributed by atoms with E-state index in [-0.39, 0.29) is 11.6 Å². The number of carbonyl (C=O) groups is 1. The third-order valence-electron chi connectivity index (χ3n) is 6.52. The number of rotatable bonds is 4. The summed E-state index contributed by atoms with van der Waals surface area (Å²) in [5.41, 5.74) is 3.42. The molecule has 0 radical (unpaired) electrons. The summed E-state index contributed by atoms with van der Waals surface area (Å²) >= 11 is 0. The number of pyridine rings is 2. The SMILES string of the molecule is CC1(NC(=O)Nc2ccc3ncc(-c4cnn(C5CCNCC5)c4)cc3n2)CCCC1. The second kappa shape index (κ2) is 8.26. The summed E-state index contributed by atoms with van der Waals surface area (Å²) in [4.78, 5) is 21.6. The molecular formula is C23H29N7O. The first-order valence-corrected chi connectivity index (χ1v) is 11.2. The number of piperidine rings is 1. The van der Waals surface area contributed by atoms with Gasteiger partial charge in [0.25, 0.3) is 0 Å². The Hall–Kier alpha value is -3.00. The van der Waals surface area contributed by atoms with E-state index in [1.165, 1.54) is 0 Å². The van der Waals surface area contributed by atoms with E-state index in [1.54, 1.807) is 6.07 Å². The predicted molar refractivity (Wildman–Crippen MR) is 121 cm³/mol. The first-order chi connectivity index (χ1) is 15.1. The van der Waals surface area contributed by atoms with E-state index in [2.05, 4.69) is 48.8 Å². The van der Waals surface area contributed by atoms with Crippen LogP contribution in [0.25, 0.3) is 22.2 Å². The summed E-state index contributed by atoms with van der Waals surface area (Å²) in [6, 6.07) is 5.92. The van der Waals surface area contributed by atoms with Crippen LogP contribution in [0.3, 0.4) is 0 Å². The highest BCUT2D eigenvalue weighted by Gasteiger charge is 2.30. The average molecular weight is 420 g/mol. The van der Waals surface area contributed by atoms with Crippen LogP contribution in [0, 0.1) is 0 Å². The minimum Gasteiger partial charge on any atom is -0.333 e. The third-order valence-corrected chi connectivity index (χ3v) is 6.52. The van der Waals surface area contributed by atoms with Crippen molar-refractivity contribution in [3.8, 4) is 11.1 Å². The molecule has 3 N–H and O–H groups in total. The van der Waals surface area contributed by atoms with E-state index in [1.807, 2.05) is 24.5 Å². The molecule has 2 fully saturated rings. The van der Waals surface area contributed by atoms with Gasteiger partial charge >= 0.3 is 6.03 Å². The van der Waals surface area contributed by atoms with Gasteiger partial charge in [0.05, 0.1) is 23.3 Å². The van der Waals surface area contributed by atoms with Gasteiger partial charge in [-0.1, -0.05) is 12.8 Å². The smallest absolute Gasteiger partial charge is 0.320 e. The maximum absolute atomic E-state index is 12.5. The zero-order valence-electron chi connectivity index (χ0n) is 17.9. The largest absolute Gasteiger partial charge is 0.333 e. The fourth-order valence-corrected chi connectivity index (χ4v) is 4.69. The molecular weight excluding hydrogens is 390 g/mol. The van der Waals surface area contributed by atoms with Crippen LogP contribution >= 0.6 is 0 Å². The number of hydrogen-bond donors (Lipinski definition) is 3. The summed E-state index contributed by atoms with van der Waals surface area (Å²) in [6.07, 6.45) is 12.4. The minimum absolute atomic E-state index is 0.121. The van der Waals surface area contributed by atoms with Gasteiger partial charge in [-0.2, -0.15) is 5.10 Å². The fourth-order valence-electron chi connectivity index (χ4n) is 4.69. The summed E-state index contributed by atoms with van der Waals surface area (Å²) in [5.74, 6) is 0.524. The van der Waals surface area contributed by atoms with Crippen LogP contribution in [0.4, 0.5) is 10.6 Å². The van der Waals surface area contributed by atoms with Gasteiger partial charge < -0.3 is 10.6 Å². The Kier molecular flexibility index (Phi) is 5.31. The molecule has 0 atom stereocenters. The van der Waals surface area contributed by atoms with Crippen molar-refractivity contribution in [2.24, 2.45) is 0 Å². The summed E-state index contributed by atoms with van der Waals surface area (Å²) in [6.45, 7) is 4.17. The number of aromatic nitrogens is 4. The van der Waals surface area contributed by atoms with Gasteiger partial charge in [0.2, 0.25) is 0 Å². The first-order valence-electron chi connectivity index (χ1n) is 11.2. The highest BCUT2D eigenvalue weighted by molar-refractivity contribution is 5.90. The average Bonchev–Trinajstić information content (AvgIpc) is 3.43. The Morgan fingerprint density at radius 1 is 1.13 bits per heavy atom. The van der Waals surface area contributed by atoms with Crippen molar-refractivity contribution in [1.29, 1.82) is 0 Å². The van der Waals surface area contributed by atoms with E-state index in [0.29, 0.717) is 11.9 Å². The van der Waals surface area contributed by atoms with Crippen LogP contribution in [0.1, 0.15) is 51.5 Å². The molecule has 162 valence electrons. The number of anilines is 1. The molecule has 8 heteroatoms. The molecule has 3 aromatic rings. The lowest BCUT2D eigenvalue weighted by atomic mass is 10.0. The van der Waals surface area contributed by atoms with Crippen molar-refractivity contribution in [3.63, 3.8) is 0 Å². The van der Waals surface area contributed by atoms with Gasteiger partial charge in [0, 0.05) is 29.1 Å². The van der Waals surface area contributed by atoms with Crippen LogP contribution in [0.2, 0.25) is 0 Å². The quantitative estimate of drug-likeness (QED) is 0.596. The number of carbonyl (C=O) groups excluding carboxylic acids is 1. The lowest BCUT2D eigenvalue weighted by molar-refractivity contribution is 0.239. The summed E-state index contributed by atoms with van der Waals surface area (Å²) < 4.78 is 2.07. The van der Waals surface area contributed by atoms with Gasteiger partial charge in [-0.25, -0.2) is 9.78 Å². The van der Waals surface area contributed by atoms with Gasteiger partial charge in [0.1, 0.15) is 5.82 Å². The number of nitrogens with zero attached hydrogens (tertiary/aromatic N) is 4. The van der Waals surface area contributed by atoms with Crippen LogP contribution in [0.15, 0.2) is 36.8 Å². The first kappa shape index (κ1) is 19.9. The van der Waals surface area contributed by atoms with Crippen molar-refractivity contribution in [2.45, 2.75) is 57.0 Å². The van der Waals surface area contributed by atoms with Crippen molar-refractivity contribution < 1.29 is 4.79 Å². The highest BCUT2D eigenvalue weighted by atomic mass is 16.2. The second-order valence-corrected chi connectivity index (χ2v) is 9.00. The number of amides is 2. The molecule has 8 nitrogen and oxygen atoms in total. The Bertz CT molecular complexity index is 1080. The molecule has 0 unspecified atom stereocenters. The van der Waals surface area contributed by atoms with Gasteiger partial charge in [-0.05, 0) is 63.9 Å². The zero-order chi connectivity index (χ0) is 21.3. The predicted octanol–water partition coefficient (Wildman–Crippen LogP) is 3.87. The van der Waals surface area contributed by atoms with Crippen LogP contribution in [-0.2, 0) is 0 Å². The minimum atomic E-state index is -0.205. The molecule has 1 aliphatic heterocycles. The molecule has 1 saturated heterocycles. The monoisotopic (exact) mass is 419 g/mol. The maximum Gasteiger partial charge on any atom is 0.320 e. The molecule has 31 heavy (non-hydrogen) atoms. The van der Waals surface area contributed by atoms with Gasteiger partial charge in [-0.3, -0.25) is 15.0 Å². The number of fused-ring (bicyclic) bond motifs is 1. The van der Waals surface area contributed by atoms with E-state index >= 15 is 0 Å². The zero-order valence-corrected chi connectivity index (χ0v) is 17.9. The molecule has 0 bridgehead atoms. The number of nitrogens with one attached hydrogen (secondary N) is 3.